The van der Waals surface area contributed by atoms with Crippen molar-refractivity contribution < 1.29 is 9.59 Å². The zero-order chi connectivity index (χ0) is 23.7. The standard InChI is InChI=1S/C28H21ClN2O2S/c1-18(28(33)31-25-14-4-2-12-23(25)24-13-3-5-15-26(24)31)34-22-11-7-10-21(17-22)30-27(32)19-8-6-9-20(29)16-19/h2-18H,1H3,(H,30,32). The number of carbonyl (C=O) groups is 2. The Kier molecular flexibility index (Phi) is 6.14. The van der Waals surface area contributed by atoms with E-state index in [0.29, 0.717) is 16.3 Å². The second kappa shape index (κ2) is 9.37. The van der Waals surface area contributed by atoms with Gasteiger partial charge in [0.05, 0.1) is 16.3 Å². The fourth-order valence-corrected chi connectivity index (χ4v) is 5.23. The van der Waals surface area contributed by atoms with Crippen molar-refractivity contribution in [2.24, 2.45) is 0 Å². The number of hydrogen-bond acceptors (Lipinski definition) is 3. The fraction of sp³-hybridized carbons (Fsp3) is 0.0714. The maximum Gasteiger partial charge on any atom is 0.255 e. The number of carbonyl (C=O) groups excluding carboxylic acids is 2. The molecule has 0 aliphatic carbocycles. The van der Waals surface area contributed by atoms with Crippen LogP contribution in [0.3, 0.4) is 0 Å². The molecule has 6 heteroatoms. The number of hydrogen-bond donors (Lipinski definition) is 1. The van der Waals surface area contributed by atoms with E-state index in [4.69, 9.17) is 11.6 Å². The highest BCUT2D eigenvalue weighted by atomic mass is 35.5. The second-order valence-electron chi connectivity index (χ2n) is 7.96. The van der Waals surface area contributed by atoms with Crippen LogP contribution in [-0.4, -0.2) is 21.6 Å². The van der Waals surface area contributed by atoms with Crippen LogP contribution in [0.2, 0.25) is 5.02 Å². The number of nitrogens with zero attached hydrogens (tertiary/aromatic N) is 1. The lowest BCUT2D eigenvalue weighted by molar-refractivity contribution is 0.0924. The summed E-state index contributed by atoms with van der Waals surface area (Å²) in [6, 6.07) is 30.3. The smallest absolute Gasteiger partial charge is 0.255 e. The number of fused-ring (bicyclic) bond motifs is 3. The SMILES string of the molecule is CC(Sc1cccc(NC(=O)c2cccc(Cl)c2)c1)C(=O)n1c2ccccc2c2ccccc21. The van der Waals surface area contributed by atoms with E-state index in [1.807, 2.05) is 84.3 Å². The molecule has 0 fully saturated rings. The summed E-state index contributed by atoms with van der Waals surface area (Å²) >= 11 is 7.47. The summed E-state index contributed by atoms with van der Waals surface area (Å²) in [5.41, 5.74) is 2.96. The van der Waals surface area contributed by atoms with Gasteiger partial charge in [0, 0.05) is 31.9 Å². The van der Waals surface area contributed by atoms with Gasteiger partial charge < -0.3 is 5.32 Å². The summed E-state index contributed by atoms with van der Waals surface area (Å²) in [5, 5.41) is 5.21. The zero-order valence-corrected chi connectivity index (χ0v) is 19.9. The monoisotopic (exact) mass is 484 g/mol. The molecule has 0 aliphatic heterocycles. The zero-order valence-electron chi connectivity index (χ0n) is 18.4. The molecule has 0 spiro atoms. The Bertz CT molecular complexity index is 1490. The molecular formula is C28H21ClN2O2S. The Labute approximate surface area is 206 Å². The van der Waals surface area contributed by atoms with Gasteiger partial charge in [-0.1, -0.05) is 60.1 Å². The van der Waals surface area contributed by atoms with Crippen LogP contribution in [-0.2, 0) is 0 Å². The molecule has 1 heterocycles. The van der Waals surface area contributed by atoms with Crippen LogP contribution in [0.15, 0.2) is 102 Å². The van der Waals surface area contributed by atoms with Crippen LogP contribution in [0.1, 0.15) is 22.1 Å². The van der Waals surface area contributed by atoms with Crippen molar-refractivity contribution in [1.82, 2.24) is 4.57 Å². The molecule has 0 saturated heterocycles. The van der Waals surface area contributed by atoms with Crippen molar-refractivity contribution in [1.29, 1.82) is 0 Å². The molecule has 0 bridgehead atoms. The molecule has 5 rings (SSSR count). The van der Waals surface area contributed by atoms with Gasteiger partial charge in [0.25, 0.3) is 5.91 Å². The summed E-state index contributed by atoms with van der Waals surface area (Å²) < 4.78 is 1.81. The van der Waals surface area contributed by atoms with Crippen molar-refractivity contribution in [3.05, 3.63) is 108 Å². The van der Waals surface area contributed by atoms with Crippen LogP contribution in [0.5, 0.6) is 0 Å². The third-order valence-corrected chi connectivity index (χ3v) is 6.96. The van der Waals surface area contributed by atoms with Crippen molar-refractivity contribution in [3.63, 3.8) is 0 Å². The van der Waals surface area contributed by atoms with E-state index < -0.39 is 0 Å². The number of anilines is 1. The summed E-state index contributed by atoms with van der Waals surface area (Å²) in [4.78, 5) is 27.0. The second-order valence-corrected chi connectivity index (χ2v) is 9.81. The Hall–Kier alpha value is -3.54. The minimum absolute atomic E-state index is 0.00997. The van der Waals surface area contributed by atoms with E-state index in [1.165, 1.54) is 11.8 Å². The van der Waals surface area contributed by atoms with Gasteiger partial charge in [-0.2, -0.15) is 0 Å². The summed E-state index contributed by atoms with van der Waals surface area (Å²) in [5.74, 6) is -0.227. The number of nitrogens with one attached hydrogen (secondary N) is 1. The Morgan fingerprint density at radius 1 is 0.824 bits per heavy atom. The molecule has 0 radical (unpaired) electrons. The Morgan fingerprint density at radius 3 is 2.15 bits per heavy atom. The quantitative estimate of drug-likeness (QED) is 0.262. The first-order chi connectivity index (χ1) is 16.5. The molecule has 4 aromatic carbocycles. The highest BCUT2D eigenvalue weighted by molar-refractivity contribution is 8.00. The van der Waals surface area contributed by atoms with Gasteiger partial charge in [-0.25, -0.2) is 0 Å². The summed E-state index contributed by atoms with van der Waals surface area (Å²) in [6.07, 6.45) is 0. The predicted octanol–water partition coefficient (Wildman–Crippen LogP) is 7.52. The molecule has 0 aliphatic rings. The minimum Gasteiger partial charge on any atom is -0.322 e. The normalized spacial score (nSPS) is 12.1. The maximum absolute atomic E-state index is 13.6. The molecule has 1 N–H and O–H groups in total. The molecule has 1 atom stereocenters. The van der Waals surface area contributed by atoms with Crippen molar-refractivity contribution in [3.8, 4) is 0 Å². The van der Waals surface area contributed by atoms with E-state index in [0.717, 1.165) is 26.7 Å². The average molecular weight is 485 g/mol. The van der Waals surface area contributed by atoms with E-state index in [1.54, 1.807) is 24.3 Å². The number of para-hydroxylation sites is 2. The van der Waals surface area contributed by atoms with Crippen LogP contribution < -0.4 is 5.32 Å². The number of amides is 1. The molecule has 5 aromatic rings. The van der Waals surface area contributed by atoms with Gasteiger partial charge >= 0.3 is 0 Å². The highest BCUT2D eigenvalue weighted by Crippen LogP contribution is 2.32. The van der Waals surface area contributed by atoms with E-state index in [2.05, 4.69) is 5.32 Å². The van der Waals surface area contributed by atoms with Crippen LogP contribution in [0, 0.1) is 0 Å². The first-order valence-electron chi connectivity index (χ1n) is 10.9. The van der Waals surface area contributed by atoms with Crippen LogP contribution in [0.4, 0.5) is 5.69 Å². The molecule has 1 unspecified atom stereocenters. The van der Waals surface area contributed by atoms with Crippen molar-refractivity contribution >= 4 is 62.7 Å². The molecule has 34 heavy (non-hydrogen) atoms. The van der Waals surface area contributed by atoms with Crippen molar-refractivity contribution in [2.45, 2.75) is 17.1 Å². The van der Waals surface area contributed by atoms with Gasteiger partial charge in [-0.15, -0.1) is 11.8 Å². The number of aromatic nitrogens is 1. The lowest BCUT2D eigenvalue weighted by Crippen LogP contribution is -2.21. The average Bonchev–Trinajstić information content (AvgIpc) is 3.18. The van der Waals surface area contributed by atoms with Gasteiger partial charge in [0.2, 0.25) is 5.91 Å². The van der Waals surface area contributed by atoms with Crippen LogP contribution >= 0.6 is 23.4 Å². The molecule has 1 amide bonds. The Balaban J connectivity index is 1.38. The molecule has 168 valence electrons. The first-order valence-corrected chi connectivity index (χ1v) is 12.1. The molecular weight excluding hydrogens is 464 g/mol. The lowest BCUT2D eigenvalue weighted by atomic mass is 10.2. The predicted molar refractivity (Wildman–Crippen MR) is 141 cm³/mol. The summed E-state index contributed by atoms with van der Waals surface area (Å²) in [7, 11) is 0. The third kappa shape index (κ3) is 4.32. The third-order valence-electron chi connectivity index (χ3n) is 5.64. The highest BCUT2D eigenvalue weighted by Gasteiger charge is 2.21. The number of halogens is 1. The first kappa shape index (κ1) is 22.3. The van der Waals surface area contributed by atoms with E-state index in [-0.39, 0.29) is 17.1 Å². The van der Waals surface area contributed by atoms with Gasteiger partial charge in [0.1, 0.15) is 0 Å². The molecule has 1 aromatic heterocycles. The molecule has 4 nitrogen and oxygen atoms in total. The lowest BCUT2D eigenvalue weighted by Gasteiger charge is -2.14. The summed E-state index contributed by atoms with van der Waals surface area (Å²) in [6.45, 7) is 1.91. The van der Waals surface area contributed by atoms with Crippen molar-refractivity contribution in [2.75, 3.05) is 5.32 Å². The minimum atomic E-state index is -0.335. The van der Waals surface area contributed by atoms with Gasteiger partial charge in [-0.05, 0) is 55.5 Å². The number of benzene rings is 4. The fourth-order valence-electron chi connectivity index (χ4n) is 4.08. The maximum atomic E-state index is 13.6. The van der Waals surface area contributed by atoms with Gasteiger partial charge in [-0.3, -0.25) is 14.2 Å². The van der Waals surface area contributed by atoms with E-state index in [9.17, 15) is 9.59 Å². The molecule has 0 saturated carbocycles. The number of thioether (sulfide) groups is 1. The Morgan fingerprint density at radius 2 is 1.47 bits per heavy atom. The van der Waals surface area contributed by atoms with Crippen LogP contribution in [0.25, 0.3) is 21.8 Å². The largest absolute Gasteiger partial charge is 0.322 e. The van der Waals surface area contributed by atoms with E-state index >= 15 is 0 Å². The number of rotatable bonds is 5. The van der Waals surface area contributed by atoms with Gasteiger partial charge in [0.15, 0.2) is 0 Å². The topological polar surface area (TPSA) is 51.1 Å².